The molecule has 0 amide bonds. The number of nitrogens with one attached hydrogen (secondary N) is 1. The van der Waals surface area contributed by atoms with Gasteiger partial charge in [-0.05, 0) is 31.5 Å². The van der Waals surface area contributed by atoms with E-state index in [0.717, 1.165) is 17.0 Å². The second-order valence-electron chi connectivity index (χ2n) is 4.57. The Kier molecular flexibility index (Phi) is 7.51. The van der Waals surface area contributed by atoms with E-state index in [4.69, 9.17) is 25.6 Å². The fourth-order valence-corrected chi connectivity index (χ4v) is 2.33. The summed E-state index contributed by atoms with van der Waals surface area (Å²) in [5, 5.41) is 7.76. The van der Waals surface area contributed by atoms with Gasteiger partial charge in [0.1, 0.15) is 5.76 Å². The number of methoxy groups -OCH3 is 1. The molecule has 0 atom stereocenters. The lowest BCUT2D eigenvalue weighted by Crippen LogP contribution is -2.13. The average molecular weight is 347 g/mol. The maximum Gasteiger partial charge on any atom is 0.179 e. The quantitative estimate of drug-likeness (QED) is 0.827. The van der Waals surface area contributed by atoms with Gasteiger partial charge in [0.25, 0.3) is 0 Å². The number of hydrogen-bond acceptors (Lipinski definition) is 5. The highest BCUT2D eigenvalue weighted by molar-refractivity contribution is 6.32. The molecule has 1 aromatic carbocycles. The van der Waals surface area contributed by atoms with E-state index in [1.165, 1.54) is 0 Å². The second kappa shape index (κ2) is 8.88. The van der Waals surface area contributed by atoms with Crippen LogP contribution in [-0.2, 0) is 13.1 Å². The fourth-order valence-electron chi connectivity index (χ4n) is 2.02. The van der Waals surface area contributed by atoms with Crippen LogP contribution < -0.4 is 14.8 Å². The molecule has 1 N–H and O–H groups in total. The Balaban J connectivity index is 0.00000242. The van der Waals surface area contributed by atoms with Crippen molar-refractivity contribution in [2.45, 2.75) is 26.9 Å². The predicted molar refractivity (Wildman–Crippen MR) is 88.2 cm³/mol. The first-order valence-corrected chi connectivity index (χ1v) is 7.14. The molecular formula is C15H20Cl2N2O3. The molecule has 0 aliphatic carbocycles. The van der Waals surface area contributed by atoms with E-state index in [-0.39, 0.29) is 12.4 Å². The van der Waals surface area contributed by atoms with Gasteiger partial charge in [0.05, 0.1) is 24.4 Å². The molecule has 0 aliphatic rings. The number of rotatable bonds is 7. The van der Waals surface area contributed by atoms with Crippen molar-refractivity contribution in [3.63, 3.8) is 0 Å². The van der Waals surface area contributed by atoms with Gasteiger partial charge in [0, 0.05) is 19.2 Å². The Hall–Kier alpha value is -1.43. The first-order chi connectivity index (χ1) is 10.1. The molecular weight excluding hydrogens is 327 g/mol. The van der Waals surface area contributed by atoms with E-state index in [1.807, 2.05) is 32.0 Å². The average Bonchev–Trinajstić information content (AvgIpc) is 2.85. The third kappa shape index (κ3) is 4.80. The van der Waals surface area contributed by atoms with Crippen LogP contribution in [0, 0.1) is 6.92 Å². The van der Waals surface area contributed by atoms with Crippen LogP contribution in [0.25, 0.3) is 0 Å². The number of hydrogen-bond donors (Lipinski definition) is 1. The lowest BCUT2D eigenvalue weighted by molar-refractivity contribution is 0.310. The summed E-state index contributed by atoms with van der Waals surface area (Å²) in [4.78, 5) is 0. The van der Waals surface area contributed by atoms with Crippen LogP contribution in [0.3, 0.4) is 0 Å². The van der Waals surface area contributed by atoms with Crippen molar-refractivity contribution in [1.82, 2.24) is 10.5 Å². The number of nitrogens with zero attached hydrogens (tertiary/aromatic N) is 1. The van der Waals surface area contributed by atoms with Crippen LogP contribution in [0.15, 0.2) is 22.7 Å². The van der Waals surface area contributed by atoms with E-state index in [2.05, 4.69) is 10.5 Å². The zero-order valence-corrected chi connectivity index (χ0v) is 14.4. The molecule has 7 heteroatoms. The Bertz CT molecular complexity index is 602. The molecule has 22 heavy (non-hydrogen) atoms. The van der Waals surface area contributed by atoms with Gasteiger partial charge in [-0.15, -0.1) is 12.4 Å². The summed E-state index contributed by atoms with van der Waals surface area (Å²) in [6.45, 7) is 5.63. The topological polar surface area (TPSA) is 56.5 Å². The molecule has 0 bridgehead atoms. The van der Waals surface area contributed by atoms with Gasteiger partial charge in [0.15, 0.2) is 11.5 Å². The first kappa shape index (κ1) is 18.6. The van der Waals surface area contributed by atoms with Gasteiger partial charge in [-0.2, -0.15) is 0 Å². The van der Waals surface area contributed by atoms with Crippen LogP contribution in [0.1, 0.15) is 23.9 Å². The third-order valence-corrected chi connectivity index (χ3v) is 3.17. The highest BCUT2D eigenvalue weighted by atomic mass is 35.5. The van der Waals surface area contributed by atoms with Gasteiger partial charge >= 0.3 is 0 Å². The molecule has 0 saturated carbocycles. The van der Waals surface area contributed by atoms with Gasteiger partial charge in [0.2, 0.25) is 0 Å². The maximum absolute atomic E-state index is 6.21. The van der Waals surface area contributed by atoms with Crippen molar-refractivity contribution in [2.75, 3.05) is 13.7 Å². The van der Waals surface area contributed by atoms with Crippen molar-refractivity contribution in [3.8, 4) is 11.5 Å². The van der Waals surface area contributed by atoms with Gasteiger partial charge in [-0.3, -0.25) is 0 Å². The molecule has 122 valence electrons. The normalized spacial score (nSPS) is 10.2. The number of aromatic nitrogens is 1. The Labute approximate surface area is 141 Å². The van der Waals surface area contributed by atoms with Crippen LogP contribution in [0.2, 0.25) is 5.02 Å². The summed E-state index contributed by atoms with van der Waals surface area (Å²) < 4.78 is 15.8. The molecule has 0 radical (unpaired) electrons. The first-order valence-electron chi connectivity index (χ1n) is 6.76. The van der Waals surface area contributed by atoms with E-state index in [1.54, 1.807) is 7.11 Å². The highest BCUT2D eigenvalue weighted by Crippen LogP contribution is 2.36. The monoisotopic (exact) mass is 346 g/mol. The summed E-state index contributed by atoms with van der Waals surface area (Å²) in [6, 6.07) is 5.69. The lowest BCUT2D eigenvalue weighted by Gasteiger charge is -2.13. The molecule has 2 aromatic rings. The summed E-state index contributed by atoms with van der Waals surface area (Å²) in [7, 11) is 1.58. The number of halogens is 2. The molecule has 0 fully saturated rings. The smallest absolute Gasteiger partial charge is 0.179 e. The molecule has 0 aliphatic heterocycles. The molecule has 0 saturated heterocycles. The van der Waals surface area contributed by atoms with Gasteiger partial charge in [-0.1, -0.05) is 16.8 Å². The second-order valence-corrected chi connectivity index (χ2v) is 4.98. The minimum Gasteiger partial charge on any atom is -0.491 e. The minimum absolute atomic E-state index is 0. The van der Waals surface area contributed by atoms with Crippen LogP contribution in [0.5, 0.6) is 11.5 Å². The van der Waals surface area contributed by atoms with Crippen molar-refractivity contribution in [3.05, 3.63) is 40.2 Å². The summed E-state index contributed by atoms with van der Waals surface area (Å²) in [5.74, 6) is 2.02. The van der Waals surface area contributed by atoms with Crippen molar-refractivity contribution in [2.24, 2.45) is 0 Å². The number of benzene rings is 1. The van der Waals surface area contributed by atoms with Crippen molar-refractivity contribution >= 4 is 24.0 Å². The van der Waals surface area contributed by atoms with Gasteiger partial charge < -0.3 is 19.3 Å². The fraction of sp³-hybridized carbons (Fsp3) is 0.400. The summed E-state index contributed by atoms with van der Waals surface area (Å²) in [6.07, 6.45) is 0. The third-order valence-electron chi connectivity index (χ3n) is 2.89. The summed E-state index contributed by atoms with van der Waals surface area (Å²) in [5.41, 5.74) is 1.89. The van der Waals surface area contributed by atoms with Crippen LogP contribution in [-0.4, -0.2) is 18.9 Å². The SMILES string of the molecule is CCOc1cc(CNCc2cc(C)on2)cc(Cl)c1OC.Cl. The number of ether oxygens (including phenoxy) is 2. The van der Waals surface area contributed by atoms with Crippen molar-refractivity contribution in [1.29, 1.82) is 0 Å². The Morgan fingerprint density at radius 3 is 2.64 bits per heavy atom. The number of aryl methyl sites for hydroxylation is 1. The Morgan fingerprint density at radius 1 is 1.27 bits per heavy atom. The standard InChI is InChI=1S/C15H19ClN2O3.ClH/c1-4-20-14-7-11(6-13(16)15(14)19-3)8-17-9-12-5-10(2)21-18-12;/h5-7,17H,4,8-9H2,1-3H3;1H. The molecule has 5 nitrogen and oxygen atoms in total. The van der Waals surface area contributed by atoms with E-state index >= 15 is 0 Å². The largest absolute Gasteiger partial charge is 0.491 e. The van der Waals surface area contributed by atoms with E-state index in [0.29, 0.717) is 36.2 Å². The lowest BCUT2D eigenvalue weighted by atomic mass is 10.2. The van der Waals surface area contributed by atoms with Gasteiger partial charge in [-0.25, -0.2) is 0 Å². The van der Waals surface area contributed by atoms with Crippen LogP contribution >= 0.6 is 24.0 Å². The van der Waals surface area contributed by atoms with Crippen molar-refractivity contribution < 1.29 is 14.0 Å². The zero-order valence-electron chi connectivity index (χ0n) is 12.8. The predicted octanol–water partition coefficient (Wildman–Crippen LogP) is 3.76. The minimum atomic E-state index is 0. The van der Waals surface area contributed by atoms with E-state index in [9.17, 15) is 0 Å². The molecule has 1 heterocycles. The molecule has 0 unspecified atom stereocenters. The maximum atomic E-state index is 6.21. The van der Waals surface area contributed by atoms with E-state index < -0.39 is 0 Å². The Morgan fingerprint density at radius 2 is 2.05 bits per heavy atom. The molecule has 0 spiro atoms. The summed E-state index contributed by atoms with van der Waals surface area (Å²) >= 11 is 6.21. The highest BCUT2D eigenvalue weighted by Gasteiger charge is 2.11. The van der Waals surface area contributed by atoms with Crippen LogP contribution in [0.4, 0.5) is 0 Å². The zero-order chi connectivity index (χ0) is 15.2. The molecule has 1 aromatic heterocycles. The molecule has 2 rings (SSSR count).